The molecule has 1 aliphatic heterocycles. The first-order valence-corrected chi connectivity index (χ1v) is 4.48. The van der Waals surface area contributed by atoms with Crippen molar-refractivity contribution in [3.8, 4) is 0 Å². The summed E-state index contributed by atoms with van der Waals surface area (Å²) in [5.74, 6) is 0.984. The van der Waals surface area contributed by atoms with Crippen molar-refractivity contribution >= 4 is 5.84 Å². The summed E-state index contributed by atoms with van der Waals surface area (Å²) in [5.41, 5.74) is 2.27. The molecule has 1 aromatic rings. The summed E-state index contributed by atoms with van der Waals surface area (Å²) in [4.78, 5) is 4.41. The molecule has 0 saturated carbocycles. The highest BCUT2D eigenvalue weighted by Gasteiger charge is 2.17. The van der Waals surface area contributed by atoms with Crippen LogP contribution in [0.25, 0.3) is 0 Å². The van der Waals surface area contributed by atoms with Crippen LogP contribution in [0.3, 0.4) is 0 Å². The average Bonchev–Trinajstić information content (AvgIpc) is 2.62. The van der Waals surface area contributed by atoms with E-state index in [1.165, 1.54) is 0 Å². The van der Waals surface area contributed by atoms with Crippen molar-refractivity contribution in [3.05, 3.63) is 17.5 Å². The van der Waals surface area contributed by atoms with E-state index >= 15 is 0 Å². The first-order valence-electron chi connectivity index (χ1n) is 4.48. The summed E-state index contributed by atoms with van der Waals surface area (Å²) < 4.78 is 1.86. The molecular formula is C9H14N4. The number of nitrogens with one attached hydrogen (secondary N) is 1. The molecule has 0 aromatic carbocycles. The van der Waals surface area contributed by atoms with Gasteiger partial charge in [-0.1, -0.05) is 0 Å². The Balaban J connectivity index is 2.31. The second-order valence-electron chi connectivity index (χ2n) is 3.50. The third-order valence-corrected chi connectivity index (χ3v) is 2.40. The van der Waals surface area contributed by atoms with E-state index in [9.17, 15) is 0 Å². The van der Waals surface area contributed by atoms with Crippen LogP contribution in [-0.4, -0.2) is 28.2 Å². The molecule has 1 N–H and O–H groups in total. The molecule has 1 unspecified atom stereocenters. The third kappa shape index (κ3) is 1.32. The number of amidine groups is 1. The Morgan fingerprint density at radius 3 is 2.85 bits per heavy atom. The molecule has 0 fully saturated rings. The molecule has 1 atom stereocenters. The molecule has 0 saturated heterocycles. The minimum Gasteiger partial charge on any atom is -0.365 e. The zero-order valence-corrected chi connectivity index (χ0v) is 8.20. The summed E-state index contributed by atoms with van der Waals surface area (Å²) in [6, 6.07) is 0.453. The van der Waals surface area contributed by atoms with Gasteiger partial charge in [0, 0.05) is 18.8 Å². The second-order valence-corrected chi connectivity index (χ2v) is 3.50. The van der Waals surface area contributed by atoms with Crippen molar-refractivity contribution in [1.29, 1.82) is 0 Å². The standard InChI is InChI=1S/C9H14N4/c1-6-4-10-9(12-6)8-5-11-13(3)7(8)2/h5-6H,4H2,1-3H3,(H,10,12). The van der Waals surface area contributed by atoms with Crippen molar-refractivity contribution in [2.45, 2.75) is 19.9 Å². The minimum atomic E-state index is 0.453. The molecule has 4 heteroatoms. The Bertz CT molecular complexity index is 350. The highest BCUT2D eigenvalue weighted by molar-refractivity contribution is 6.00. The van der Waals surface area contributed by atoms with Gasteiger partial charge >= 0.3 is 0 Å². The molecule has 0 amide bonds. The molecule has 1 aliphatic rings. The smallest absolute Gasteiger partial charge is 0.132 e. The zero-order valence-electron chi connectivity index (χ0n) is 8.20. The van der Waals surface area contributed by atoms with Gasteiger partial charge < -0.3 is 5.32 Å². The Morgan fingerprint density at radius 1 is 1.62 bits per heavy atom. The lowest BCUT2D eigenvalue weighted by molar-refractivity contribution is 0.725. The van der Waals surface area contributed by atoms with Crippen LogP contribution in [0.15, 0.2) is 11.2 Å². The number of hydrogen-bond donors (Lipinski definition) is 1. The summed E-state index contributed by atoms with van der Waals surface area (Å²) in [6.07, 6.45) is 1.86. The number of aliphatic imine (C=N–C) groups is 1. The van der Waals surface area contributed by atoms with Crippen LogP contribution >= 0.6 is 0 Å². The van der Waals surface area contributed by atoms with E-state index in [-0.39, 0.29) is 0 Å². The SMILES string of the molecule is Cc1c(C2=NCC(C)N2)cnn1C. The van der Waals surface area contributed by atoms with Gasteiger partial charge in [0.15, 0.2) is 0 Å². The summed E-state index contributed by atoms with van der Waals surface area (Å²) in [6.45, 7) is 5.04. The van der Waals surface area contributed by atoms with Gasteiger partial charge in [0.1, 0.15) is 5.84 Å². The molecule has 0 aliphatic carbocycles. The van der Waals surface area contributed by atoms with Crippen molar-refractivity contribution in [1.82, 2.24) is 15.1 Å². The van der Waals surface area contributed by atoms with E-state index in [1.807, 2.05) is 17.9 Å². The lowest BCUT2D eigenvalue weighted by Gasteiger charge is -2.04. The van der Waals surface area contributed by atoms with Crippen LogP contribution in [0, 0.1) is 6.92 Å². The third-order valence-electron chi connectivity index (χ3n) is 2.40. The van der Waals surface area contributed by atoms with Gasteiger partial charge in [0.2, 0.25) is 0 Å². The Labute approximate surface area is 77.7 Å². The minimum absolute atomic E-state index is 0.453. The summed E-state index contributed by atoms with van der Waals surface area (Å²) in [5, 5.41) is 7.50. The molecule has 13 heavy (non-hydrogen) atoms. The van der Waals surface area contributed by atoms with E-state index in [0.717, 1.165) is 23.6 Å². The van der Waals surface area contributed by atoms with Gasteiger partial charge in [0.25, 0.3) is 0 Å². The first-order chi connectivity index (χ1) is 6.18. The predicted molar refractivity (Wildman–Crippen MR) is 51.9 cm³/mol. The van der Waals surface area contributed by atoms with E-state index in [4.69, 9.17) is 0 Å². The van der Waals surface area contributed by atoms with Gasteiger partial charge in [-0.25, -0.2) is 0 Å². The van der Waals surface area contributed by atoms with Crippen LogP contribution < -0.4 is 5.32 Å². The lowest BCUT2D eigenvalue weighted by Crippen LogP contribution is -2.27. The van der Waals surface area contributed by atoms with Crippen LogP contribution in [0.1, 0.15) is 18.2 Å². The predicted octanol–water partition coefficient (Wildman–Crippen LogP) is 0.467. The number of aryl methyl sites for hydroxylation is 1. The molecule has 0 bridgehead atoms. The average molecular weight is 178 g/mol. The largest absolute Gasteiger partial charge is 0.365 e. The molecule has 2 rings (SSSR count). The summed E-state index contributed by atoms with van der Waals surface area (Å²) in [7, 11) is 1.94. The zero-order chi connectivity index (χ0) is 9.42. The van der Waals surface area contributed by atoms with Gasteiger partial charge in [-0.15, -0.1) is 0 Å². The second kappa shape index (κ2) is 2.87. The highest BCUT2D eigenvalue weighted by Crippen LogP contribution is 2.09. The number of rotatable bonds is 1. The lowest BCUT2D eigenvalue weighted by atomic mass is 10.2. The van der Waals surface area contributed by atoms with Gasteiger partial charge in [-0.2, -0.15) is 5.10 Å². The number of hydrogen-bond acceptors (Lipinski definition) is 3. The van der Waals surface area contributed by atoms with Crippen LogP contribution in [0.2, 0.25) is 0 Å². The maximum Gasteiger partial charge on any atom is 0.132 e. The maximum absolute atomic E-state index is 4.41. The topological polar surface area (TPSA) is 42.2 Å². The van der Waals surface area contributed by atoms with Gasteiger partial charge in [0.05, 0.1) is 18.3 Å². The first kappa shape index (κ1) is 8.29. The Hall–Kier alpha value is -1.32. The van der Waals surface area contributed by atoms with E-state index in [2.05, 4.69) is 29.3 Å². The van der Waals surface area contributed by atoms with Crippen molar-refractivity contribution < 1.29 is 0 Å². The van der Waals surface area contributed by atoms with Crippen molar-refractivity contribution in [2.24, 2.45) is 12.0 Å². The van der Waals surface area contributed by atoms with Crippen molar-refractivity contribution in [3.63, 3.8) is 0 Å². The normalized spacial score (nSPS) is 21.5. The van der Waals surface area contributed by atoms with Crippen LogP contribution in [0.5, 0.6) is 0 Å². The maximum atomic E-state index is 4.41. The summed E-state index contributed by atoms with van der Waals surface area (Å²) >= 11 is 0. The van der Waals surface area contributed by atoms with Crippen LogP contribution in [0.4, 0.5) is 0 Å². The highest BCUT2D eigenvalue weighted by atomic mass is 15.3. The van der Waals surface area contributed by atoms with Crippen molar-refractivity contribution in [2.75, 3.05) is 6.54 Å². The van der Waals surface area contributed by atoms with E-state index < -0.39 is 0 Å². The molecule has 70 valence electrons. The Kier molecular flexibility index (Phi) is 1.83. The molecule has 4 nitrogen and oxygen atoms in total. The molecular weight excluding hydrogens is 164 g/mol. The monoisotopic (exact) mass is 178 g/mol. The fourth-order valence-electron chi connectivity index (χ4n) is 1.45. The fourth-order valence-corrected chi connectivity index (χ4v) is 1.45. The molecule has 0 spiro atoms. The number of aromatic nitrogens is 2. The van der Waals surface area contributed by atoms with Gasteiger partial charge in [-0.05, 0) is 13.8 Å². The molecule has 1 aromatic heterocycles. The van der Waals surface area contributed by atoms with E-state index in [0.29, 0.717) is 6.04 Å². The number of nitrogens with zero attached hydrogens (tertiary/aromatic N) is 3. The van der Waals surface area contributed by atoms with Crippen LogP contribution in [-0.2, 0) is 7.05 Å². The van der Waals surface area contributed by atoms with Gasteiger partial charge in [-0.3, -0.25) is 9.67 Å². The van der Waals surface area contributed by atoms with E-state index in [1.54, 1.807) is 0 Å². The quantitative estimate of drug-likeness (QED) is 0.679. The Morgan fingerprint density at radius 2 is 2.38 bits per heavy atom. The molecule has 2 heterocycles. The molecule has 0 radical (unpaired) electrons. The fraction of sp³-hybridized carbons (Fsp3) is 0.556.